The Morgan fingerprint density at radius 3 is 2.64 bits per heavy atom. The summed E-state index contributed by atoms with van der Waals surface area (Å²) in [5.41, 5.74) is 2.82. The molecule has 5 heteroatoms. The molecule has 0 radical (unpaired) electrons. The Morgan fingerprint density at radius 1 is 1.73 bits per heavy atom. The van der Waals surface area contributed by atoms with Crippen LogP contribution in [0.5, 0.6) is 0 Å². The summed E-state index contributed by atoms with van der Waals surface area (Å²) in [4.78, 5) is 17.2. The number of carbonyl (C=O) groups is 1. The van der Waals surface area contributed by atoms with Gasteiger partial charge in [-0.3, -0.25) is 10.0 Å². The Morgan fingerprint density at radius 2 is 2.36 bits per heavy atom. The molecule has 0 bridgehead atoms. The largest absolute Gasteiger partial charge is 0.326 e. The van der Waals surface area contributed by atoms with E-state index in [1.165, 1.54) is 6.92 Å². The first-order valence-corrected chi connectivity index (χ1v) is 3.12. The molecule has 1 rings (SSSR count). The Hall–Kier alpha value is -1.36. The highest BCUT2D eigenvalue weighted by Crippen LogP contribution is 2.07. The van der Waals surface area contributed by atoms with Crippen molar-refractivity contribution >= 4 is 11.7 Å². The van der Waals surface area contributed by atoms with Crippen molar-refractivity contribution < 1.29 is 10.0 Å². The van der Waals surface area contributed by atoms with Crippen molar-refractivity contribution in [2.75, 3.05) is 5.48 Å². The van der Waals surface area contributed by atoms with Crippen molar-refractivity contribution in [3.8, 4) is 0 Å². The Balaban J connectivity index is 3.07. The summed E-state index contributed by atoms with van der Waals surface area (Å²) < 4.78 is 0. The van der Waals surface area contributed by atoms with Gasteiger partial charge >= 0.3 is 0 Å². The maximum absolute atomic E-state index is 10.8. The Labute approximate surface area is 63.4 Å². The molecule has 0 aliphatic rings. The summed E-state index contributed by atoms with van der Waals surface area (Å²) in [6.07, 6.45) is 0. The maximum Gasteiger partial charge on any atom is 0.225 e. The van der Waals surface area contributed by atoms with Crippen molar-refractivity contribution in [1.82, 2.24) is 9.97 Å². The number of H-pyrrole nitrogens is 1. The first kappa shape index (κ1) is 7.74. The highest BCUT2D eigenvalue weighted by atomic mass is 16.5. The molecular weight excluding hydrogens is 146 g/mol. The van der Waals surface area contributed by atoms with Gasteiger partial charge in [0.1, 0.15) is 5.69 Å². The van der Waals surface area contributed by atoms with Gasteiger partial charge in [-0.25, -0.2) is 10.5 Å². The predicted octanol–water partition coefficient (Wildman–Crippen LogP) is 0.722. The summed E-state index contributed by atoms with van der Waals surface area (Å²) in [6.45, 7) is 3.13. The molecule has 0 fully saturated rings. The van der Waals surface area contributed by atoms with Crippen LogP contribution >= 0.6 is 0 Å². The summed E-state index contributed by atoms with van der Waals surface area (Å²) >= 11 is 0. The highest BCUT2D eigenvalue weighted by molar-refractivity contribution is 5.93. The van der Waals surface area contributed by atoms with E-state index in [2.05, 4.69) is 9.97 Å². The fourth-order valence-corrected chi connectivity index (χ4v) is 0.856. The summed E-state index contributed by atoms with van der Waals surface area (Å²) in [5, 5.41) is 8.40. The average Bonchev–Trinajstić information content (AvgIpc) is 2.30. The van der Waals surface area contributed by atoms with Gasteiger partial charge in [0, 0.05) is 12.6 Å². The van der Waals surface area contributed by atoms with Crippen molar-refractivity contribution in [2.45, 2.75) is 13.8 Å². The van der Waals surface area contributed by atoms with Crippen LogP contribution in [0.25, 0.3) is 0 Å². The van der Waals surface area contributed by atoms with Crippen molar-refractivity contribution in [2.24, 2.45) is 0 Å². The van der Waals surface area contributed by atoms with Crippen LogP contribution in [0.4, 0.5) is 5.95 Å². The van der Waals surface area contributed by atoms with Gasteiger partial charge in [0.05, 0.1) is 0 Å². The second-order valence-corrected chi connectivity index (χ2v) is 2.23. The lowest BCUT2D eigenvalue weighted by Gasteiger charge is -1.86. The number of ketones is 1. The number of aromatic nitrogens is 2. The summed E-state index contributed by atoms with van der Waals surface area (Å²) in [5.74, 6) is 0.0629. The van der Waals surface area contributed by atoms with Crippen LogP contribution in [-0.4, -0.2) is 21.0 Å². The second kappa shape index (κ2) is 2.71. The van der Waals surface area contributed by atoms with Crippen LogP contribution in [0.3, 0.4) is 0 Å². The minimum atomic E-state index is -0.125. The topological polar surface area (TPSA) is 78.0 Å². The number of nitrogens with zero attached hydrogens (tertiary/aromatic N) is 1. The first-order chi connectivity index (χ1) is 5.15. The summed E-state index contributed by atoms with van der Waals surface area (Å²) in [7, 11) is 0. The van der Waals surface area contributed by atoms with Gasteiger partial charge in [-0.05, 0) is 6.92 Å². The molecule has 0 unspecified atom stereocenters. The van der Waals surface area contributed by atoms with Crippen molar-refractivity contribution in [3.63, 3.8) is 0 Å². The van der Waals surface area contributed by atoms with Crippen LogP contribution in [0.15, 0.2) is 0 Å². The molecular formula is C6H9N3O2. The zero-order chi connectivity index (χ0) is 8.43. The molecule has 0 saturated heterocycles. The minimum absolute atomic E-state index is 0.125. The molecule has 5 nitrogen and oxygen atoms in total. The number of carbonyl (C=O) groups excluding carboxylic acids is 1. The molecule has 0 amide bonds. The molecule has 60 valence electrons. The van der Waals surface area contributed by atoms with Crippen LogP contribution in [0.1, 0.15) is 23.1 Å². The number of hydrogen-bond donors (Lipinski definition) is 3. The van der Waals surface area contributed by atoms with E-state index in [1.54, 1.807) is 6.92 Å². The van der Waals surface area contributed by atoms with Gasteiger partial charge in [-0.2, -0.15) is 0 Å². The Kier molecular flexibility index (Phi) is 1.91. The standard InChI is InChI=1S/C6H9N3O2/c1-3-5(4(2)10)8-6(7-3)9-11/h11H,1-2H3,(H2,7,8,9). The number of aryl methyl sites for hydroxylation is 1. The van der Waals surface area contributed by atoms with E-state index in [1.807, 2.05) is 5.48 Å². The molecule has 1 heterocycles. The number of imidazole rings is 1. The van der Waals surface area contributed by atoms with E-state index in [-0.39, 0.29) is 11.7 Å². The predicted molar refractivity (Wildman–Crippen MR) is 38.7 cm³/mol. The van der Waals surface area contributed by atoms with E-state index in [0.717, 1.165) is 0 Å². The fourth-order valence-electron chi connectivity index (χ4n) is 0.856. The van der Waals surface area contributed by atoms with E-state index in [4.69, 9.17) is 5.21 Å². The number of Topliss-reactive ketones (excluding diaryl/α,β-unsaturated/α-hetero) is 1. The van der Waals surface area contributed by atoms with Crippen LogP contribution < -0.4 is 5.48 Å². The van der Waals surface area contributed by atoms with Crippen LogP contribution in [0.2, 0.25) is 0 Å². The fraction of sp³-hybridized carbons (Fsp3) is 0.333. The lowest BCUT2D eigenvalue weighted by molar-refractivity contribution is 0.101. The molecule has 0 aliphatic heterocycles. The van der Waals surface area contributed by atoms with E-state index < -0.39 is 0 Å². The molecule has 1 aromatic rings. The molecule has 0 spiro atoms. The highest BCUT2D eigenvalue weighted by Gasteiger charge is 2.09. The number of anilines is 1. The van der Waals surface area contributed by atoms with Gasteiger partial charge in [-0.15, -0.1) is 0 Å². The SMILES string of the molecule is CC(=O)c1nc(NO)[nH]c1C. The number of aromatic amines is 1. The van der Waals surface area contributed by atoms with E-state index >= 15 is 0 Å². The Bertz CT molecular complexity index is 279. The quantitative estimate of drug-likeness (QED) is 0.434. The molecule has 0 aliphatic carbocycles. The third-order valence-electron chi connectivity index (χ3n) is 1.32. The van der Waals surface area contributed by atoms with Gasteiger partial charge < -0.3 is 4.98 Å². The van der Waals surface area contributed by atoms with Crippen molar-refractivity contribution in [1.29, 1.82) is 0 Å². The second-order valence-electron chi connectivity index (χ2n) is 2.23. The number of nitrogens with one attached hydrogen (secondary N) is 2. The van der Waals surface area contributed by atoms with Gasteiger partial charge in [0.15, 0.2) is 5.78 Å². The van der Waals surface area contributed by atoms with Gasteiger partial charge in [-0.1, -0.05) is 0 Å². The molecule has 1 aromatic heterocycles. The van der Waals surface area contributed by atoms with Crippen LogP contribution in [-0.2, 0) is 0 Å². The van der Waals surface area contributed by atoms with Gasteiger partial charge in [0.2, 0.25) is 5.95 Å². The minimum Gasteiger partial charge on any atom is -0.326 e. The zero-order valence-corrected chi connectivity index (χ0v) is 6.30. The zero-order valence-electron chi connectivity index (χ0n) is 6.30. The third-order valence-corrected chi connectivity index (χ3v) is 1.32. The molecule has 0 atom stereocenters. The third kappa shape index (κ3) is 1.38. The van der Waals surface area contributed by atoms with E-state index in [0.29, 0.717) is 11.4 Å². The van der Waals surface area contributed by atoms with Gasteiger partial charge in [0.25, 0.3) is 0 Å². The molecule has 11 heavy (non-hydrogen) atoms. The number of rotatable bonds is 2. The van der Waals surface area contributed by atoms with E-state index in [9.17, 15) is 4.79 Å². The lowest BCUT2D eigenvalue weighted by atomic mass is 10.3. The maximum atomic E-state index is 10.8. The smallest absolute Gasteiger partial charge is 0.225 e. The number of hydrogen-bond acceptors (Lipinski definition) is 4. The monoisotopic (exact) mass is 155 g/mol. The first-order valence-electron chi connectivity index (χ1n) is 3.12. The summed E-state index contributed by atoms with van der Waals surface area (Å²) in [6, 6.07) is 0. The van der Waals surface area contributed by atoms with Crippen molar-refractivity contribution in [3.05, 3.63) is 11.4 Å². The lowest BCUT2D eigenvalue weighted by Crippen LogP contribution is -1.95. The normalized spacial score (nSPS) is 9.73. The molecule has 0 aromatic carbocycles. The average molecular weight is 155 g/mol. The molecule has 3 N–H and O–H groups in total. The molecule has 0 saturated carbocycles. The van der Waals surface area contributed by atoms with Crippen LogP contribution in [0, 0.1) is 6.92 Å².